The molecule has 0 aliphatic carbocycles. The Bertz CT molecular complexity index is 428. The van der Waals surface area contributed by atoms with Crippen molar-refractivity contribution in [1.29, 1.82) is 0 Å². The van der Waals surface area contributed by atoms with Gasteiger partial charge in [0, 0.05) is 19.4 Å². The largest absolute Gasteiger partial charge is 0.394 e. The zero-order valence-electron chi connectivity index (χ0n) is 10.5. The van der Waals surface area contributed by atoms with E-state index in [1.165, 1.54) is 0 Å². The maximum absolute atomic E-state index is 12.2. The monoisotopic (exact) mass is 250 g/mol. The average molecular weight is 250 g/mol. The number of rotatable bonds is 3. The second-order valence-corrected chi connectivity index (χ2v) is 4.67. The normalized spacial score (nSPS) is 18.3. The van der Waals surface area contributed by atoms with Crippen LogP contribution in [-0.2, 0) is 4.74 Å². The molecule has 1 fully saturated rings. The van der Waals surface area contributed by atoms with Crippen LogP contribution in [0.25, 0.3) is 0 Å². The molecule has 1 amide bonds. The number of aliphatic hydroxyl groups is 1. The molecule has 1 aromatic rings. The summed E-state index contributed by atoms with van der Waals surface area (Å²) in [5.41, 5.74) is 0.672. The number of amides is 1. The Morgan fingerprint density at radius 2 is 2.28 bits per heavy atom. The number of hydrogen-bond acceptors (Lipinski definition) is 4. The number of aromatic nitrogens is 1. The van der Waals surface area contributed by atoms with E-state index >= 15 is 0 Å². The molecule has 0 radical (unpaired) electrons. The van der Waals surface area contributed by atoms with Crippen molar-refractivity contribution in [1.82, 2.24) is 10.3 Å². The highest BCUT2D eigenvalue weighted by Gasteiger charge is 2.34. The molecule has 1 aliphatic rings. The highest BCUT2D eigenvalue weighted by atomic mass is 16.5. The Hall–Kier alpha value is -1.46. The summed E-state index contributed by atoms with van der Waals surface area (Å²) in [4.78, 5) is 16.3. The van der Waals surface area contributed by atoms with Crippen LogP contribution in [0.4, 0.5) is 0 Å². The number of aliphatic hydroxyl groups excluding tert-OH is 1. The number of hydrogen-bond donors (Lipinski definition) is 2. The first kappa shape index (κ1) is 13.0. The lowest BCUT2D eigenvalue weighted by Gasteiger charge is -2.36. The molecular weight excluding hydrogens is 232 g/mol. The van der Waals surface area contributed by atoms with Gasteiger partial charge in [0.15, 0.2) is 0 Å². The molecule has 0 aromatic carbocycles. The molecule has 18 heavy (non-hydrogen) atoms. The van der Waals surface area contributed by atoms with Gasteiger partial charge in [0.1, 0.15) is 5.69 Å². The topological polar surface area (TPSA) is 71.5 Å². The van der Waals surface area contributed by atoms with Gasteiger partial charge in [-0.1, -0.05) is 6.07 Å². The second-order valence-electron chi connectivity index (χ2n) is 4.67. The molecule has 2 heterocycles. The minimum absolute atomic E-state index is 0.0754. The van der Waals surface area contributed by atoms with Crippen molar-refractivity contribution in [3.63, 3.8) is 0 Å². The number of nitrogens with zero attached hydrogens (tertiary/aromatic N) is 1. The lowest BCUT2D eigenvalue weighted by molar-refractivity contribution is 0.0124. The van der Waals surface area contributed by atoms with Crippen LogP contribution in [0, 0.1) is 6.92 Å². The minimum Gasteiger partial charge on any atom is -0.394 e. The van der Waals surface area contributed by atoms with Crippen molar-refractivity contribution in [2.45, 2.75) is 25.3 Å². The molecule has 5 heteroatoms. The SMILES string of the molecule is Cc1cccnc1C(=O)NC1(CO)CCOCC1. The van der Waals surface area contributed by atoms with Gasteiger partial charge in [0.05, 0.1) is 12.1 Å². The summed E-state index contributed by atoms with van der Waals surface area (Å²) in [6, 6.07) is 3.64. The first-order valence-electron chi connectivity index (χ1n) is 6.10. The third-order valence-electron chi connectivity index (χ3n) is 3.36. The van der Waals surface area contributed by atoms with Crippen molar-refractivity contribution in [2.75, 3.05) is 19.8 Å². The zero-order valence-corrected chi connectivity index (χ0v) is 10.5. The third kappa shape index (κ3) is 2.68. The second kappa shape index (κ2) is 5.46. The van der Waals surface area contributed by atoms with Crippen molar-refractivity contribution < 1.29 is 14.6 Å². The van der Waals surface area contributed by atoms with Crippen molar-refractivity contribution >= 4 is 5.91 Å². The number of aryl methyl sites for hydroxylation is 1. The van der Waals surface area contributed by atoms with Gasteiger partial charge in [-0.25, -0.2) is 0 Å². The minimum atomic E-state index is -0.570. The van der Waals surface area contributed by atoms with E-state index < -0.39 is 5.54 Å². The zero-order chi connectivity index (χ0) is 13.0. The first-order chi connectivity index (χ1) is 8.67. The van der Waals surface area contributed by atoms with E-state index in [1.807, 2.05) is 13.0 Å². The van der Waals surface area contributed by atoms with Crippen molar-refractivity contribution in [3.8, 4) is 0 Å². The fourth-order valence-corrected chi connectivity index (χ4v) is 2.11. The maximum atomic E-state index is 12.2. The highest BCUT2D eigenvalue weighted by molar-refractivity contribution is 5.94. The van der Waals surface area contributed by atoms with Gasteiger partial charge in [-0.15, -0.1) is 0 Å². The number of nitrogens with one attached hydrogen (secondary N) is 1. The molecule has 0 unspecified atom stereocenters. The summed E-state index contributed by atoms with van der Waals surface area (Å²) in [6.45, 7) is 2.88. The van der Waals surface area contributed by atoms with Crippen LogP contribution < -0.4 is 5.32 Å². The Morgan fingerprint density at radius 1 is 1.56 bits per heavy atom. The summed E-state index contributed by atoms with van der Waals surface area (Å²) in [7, 11) is 0. The summed E-state index contributed by atoms with van der Waals surface area (Å²) in [5, 5.41) is 12.4. The van der Waals surface area contributed by atoms with Crippen LogP contribution in [0.1, 0.15) is 28.9 Å². The molecule has 98 valence electrons. The van der Waals surface area contributed by atoms with E-state index in [2.05, 4.69) is 10.3 Å². The molecule has 0 saturated carbocycles. The quantitative estimate of drug-likeness (QED) is 0.826. The van der Waals surface area contributed by atoms with Crippen LogP contribution in [-0.4, -0.2) is 41.4 Å². The van der Waals surface area contributed by atoms with E-state index in [1.54, 1.807) is 12.3 Å². The third-order valence-corrected chi connectivity index (χ3v) is 3.36. The highest BCUT2D eigenvalue weighted by Crippen LogP contribution is 2.20. The summed E-state index contributed by atoms with van der Waals surface area (Å²) >= 11 is 0. The molecule has 2 N–H and O–H groups in total. The first-order valence-corrected chi connectivity index (χ1v) is 6.10. The molecule has 1 saturated heterocycles. The molecule has 5 nitrogen and oxygen atoms in total. The fraction of sp³-hybridized carbons (Fsp3) is 0.538. The molecule has 0 atom stereocenters. The van der Waals surface area contributed by atoms with Gasteiger partial charge in [0.2, 0.25) is 0 Å². The molecule has 1 aliphatic heterocycles. The van der Waals surface area contributed by atoms with Crippen LogP contribution in [0.5, 0.6) is 0 Å². The predicted molar refractivity (Wildman–Crippen MR) is 66.3 cm³/mol. The summed E-state index contributed by atoms with van der Waals surface area (Å²) in [6.07, 6.45) is 2.85. The Kier molecular flexibility index (Phi) is 3.93. The van der Waals surface area contributed by atoms with Crippen LogP contribution in [0.2, 0.25) is 0 Å². The maximum Gasteiger partial charge on any atom is 0.270 e. The lowest BCUT2D eigenvalue weighted by Crippen LogP contribution is -2.54. The Morgan fingerprint density at radius 3 is 2.89 bits per heavy atom. The number of ether oxygens (including phenoxy) is 1. The van der Waals surface area contributed by atoms with Crippen molar-refractivity contribution in [2.24, 2.45) is 0 Å². The van der Waals surface area contributed by atoms with E-state index in [0.29, 0.717) is 31.7 Å². The van der Waals surface area contributed by atoms with Gasteiger partial charge in [0.25, 0.3) is 5.91 Å². The standard InChI is InChI=1S/C13H18N2O3/c1-10-3-2-6-14-11(10)12(17)15-13(9-16)4-7-18-8-5-13/h2-3,6,16H,4-5,7-9H2,1H3,(H,15,17). The van der Waals surface area contributed by atoms with Crippen molar-refractivity contribution in [3.05, 3.63) is 29.6 Å². The summed E-state index contributed by atoms with van der Waals surface area (Å²) in [5.74, 6) is -0.232. The smallest absolute Gasteiger partial charge is 0.270 e. The average Bonchev–Trinajstić information content (AvgIpc) is 2.40. The van der Waals surface area contributed by atoms with E-state index in [-0.39, 0.29) is 12.5 Å². The van der Waals surface area contributed by atoms with Crippen LogP contribution in [0.3, 0.4) is 0 Å². The summed E-state index contributed by atoms with van der Waals surface area (Å²) < 4.78 is 5.26. The van der Waals surface area contributed by atoms with Gasteiger partial charge >= 0.3 is 0 Å². The molecular formula is C13H18N2O3. The van der Waals surface area contributed by atoms with Gasteiger partial charge in [-0.05, 0) is 31.4 Å². The lowest BCUT2D eigenvalue weighted by atomic mass is 9.90. The number of carbonyl (C=O) groups excluding carboxylic acids is 1. The number of pyridine rings is 1. The van der Waals surface area contributed by atoms with Gasteiger partial charge < -0.3 is 15.2 Å². The fourth-order valence-electron chi connectivity index (χ4n) is 2.11. The van der Waals surface area contributed by atoms with E-state index in [4.69, 9.17) is 4.74 Å². The van der Waals surface area contributed by atoms with Gasteiger partial charge in [-0.3, -0.25) is 9.78 Å². The van der Waals surface area contributed by atoms with E-state index in [9.17, 15) is 9.90 Å². The van der Waals surface area contributed by atoms with Crippen LogP contribution >= 0.6 is 0 Å². The molecule has 1 aromatic heterocycles. The van der Waals surface area contributed by atoms with Crippen LogP contribution in [0.15, 0.2) is 18.3 Å². The Labute approximate surface area is 106 Å². The van der Waals surface area contributed by atoms with Gasteiger partial charge in [-0.2, -0.15) is 0 Å². The number of carbonyl (C=O) groups is 1. The predicted octanol–water partition coefficient (Wildman–Crippen LogP) is 0.661. The molecule has 0 spiro atoms. The van der Waals surface area contributed by atoms with E-state index in [0.717, 1.165) is 5.56 Å². The Balaban J connectivity index is 2.13. The molecule has 2 rings (SSSR count). The molecule has 0 bridgehead atoms.